The van der Waals surface area contributed by atoms with Gasteiger partial charge >= 0.3 is 0 Å². The molecule has 35 heavy (non-hydrogen) atoms. The smallest absolute Gasteiger partial charge is 0.227 e. The molecule has 0 radical (unpaired) electrons. The van der Waals surface area contributed by atoms with E-state index in [4.69, 9.17) is 4.98 Å². The lowest BCUT2D eigenvalue weighted by atomic mass is 10.0. The van der Waals surface area contributed by atoms with Crippen LogP contribution in [0.3, 0.4) is 0 Å². The van der Waals surface area contributed by atoms with Crippen LogP contribution >= 0.6 is 11.9 Å². The van der Waals surface area contributed by atoms with Gasteiger partial charge in [0.25, 0.3) is 0 Å². The van der Waals surface area contributed by atoms with Crippen LogP contribution in [-0.2, 0) is 13.5 Å². The average Bonchev–Trinajstić information content (AvgIpc) is 3.21. The summed E-state index contributed by atoms with van der Waals surface area (Å²) in [7, 11) is 1.77. The summed E-state index contributed by atoms with van der Waals surface area (Å²) < 4.78 is 33.5. The van der Waals surface area contributed by atoms with E-state index in [0.717, 1.165) is 26.1 Å². The SMILES string of the molecule is CSN1CCN(c2ncc3c(-c4cc(F)c(C)c(C)c4F)nn(C)c3n2)C(Cc2ccccc2)C1. The van der Waals surface area contributed by atoms with Gasteiger partial charge in [-0.25, -0.2) is 22.8 Å². The molecule has 1 saturated heterocycles. The molecule has 1 aliphatic rings. The van der Waals surface area contributed by atoms with Crippen molar-refractivity contribution in [1.82, 2.24) is 24.1 Å². The number of halogens is 2. The first-order chi connectivity index (χ1) is 16.9. The molecule has 4 aromatic rings. The zero-order valence-electron chi connectivity index (χ0n) is 20.3. The summed E-state index contributed by atoms with van der Waals surface area (Å²) in [5, 5.41) is 5.11. The number of nitrogens with zero attached hydrogens (tertiary/aromatic N) is 6. The van der Waals surface area contributed by atoms with Gasteiger partial charge in [-0.3, -0.25) is 0 Å². The Balaban J connectivity index is 1.54. The van der Waals surface area contributed by atoms with E-state index in [1.165, 1.54) is 11.6 Å². The third-order valence-corrected chi connectivity index (χ3v) is 7.70. The molecule has 6 nitrogen and oxygen atoms in total. The Kier molecular flexibility index (Phi) is 6.46. The van der Waals surface area contributed by atoms with E-state index < -0.39 is 11.6 Å². The Hall–Kier alpha value is -3.04. The van der Waals surface area contributed by atoms with Gasteiger partial charge in [0.05, 0.1) is 5.39 Å². The maximum absolute atomic E-state index is 15.1. The fourth-order valence-corrected chi connectivity index (χ4v) is 5.28. The molecule has 1 atom stereocenters. The minimum atomic E-state index is -0.468. The molecular formula is C26H28F2N6S. The summed E-state index contributed by atoms with van der Waals surface area (Å²) in [5.41, 5.74) is 2.92. The molecule has 1 unspecified atom stereocenters. The number of aromatic nitrogens is 4. The second-order valence-electron chi connectivity index (χ2n) is 8.96. The van der Waals surface area contributed by atoms with Crippen LogP contribution in [0.4, 0.5) is 14.7 Å². The number of benzene rings is 2. The molecule has 9 heteroatoms. The monoisotopic (exact) mass is 494 g/mol. The standard InChI is InChI=1S/C26H28F2N6S/c1-16-17(2)23(28)20(13-22(16)27)24-21-14-29-26(30-25(21)32(3)31-24)34-11-10-33(35-4)15-19(34)12-18-8-6-5-7-9-18/h5-9,13-14,19H,10-12,15H2,1-4H3. The van der Waals surface area contributed by atoms with Crippen molar-refractivity contribution in [3.63, 3.8) is 0 Å². The van der Waals surface area contributed by atoms with Gasteiger partial charge in [0, 0.05) is 44.5 Å². The Morgan fingerprint density at radius 1 is 1.09 bits per heavy atom. The van der Waals surface area contributed by atoms with Crippen molar-refractivity contribution in [2.45, 2.75) is 26.3 Å². The maximum Gasteiger partial charge on any atom is 0.227 e. The van der Waals surface area contributed by atoms with E-state index in [2.05, 4.69) is 49.8 Å². The number of hydrogen-bond acceptors (Lipinski definition) is 6. The molecule has 5 rings (SSSR count). The van der Waals surface area contributed by atoms with Crippen LogP contribution in [-0.4, -0.2) is 56.0 Å². The van der Waals surface area contributed by atoms with E-state index in [0.29, 0.717) is 28.2 Å². The lowest BCUT2D eigenvalue weighted by Gasteiger charge is -2.40. The molecule has 0 N–H and O–H groups in total. The van der Waals surface area contributed by atoms with Gasteiger partial charge in [-0.05, 0) is 49.3 Å². The zero-order chi connectivity index (χ0) is 24.7. The van der Waals surface area contributed by atoms with Gasteiger partial charge in [0.2, 0.25) is 5.95 Å². The molecule has 0 spiro atoms. The van der Waals surface area contributed by atoms with Crippen LogP contribution in [0.5, 0.6) is 0 Å². The van der Waals surface area contributed by atoms with Crippen molar-refractivity contribution in [1.29, 1.82) is 0 Å². The highest BCUT2D eigenvalue weighted by atomic mass is 32.2. The van der Waals surface area contributed by atoms with Gasteiger partial charge in [-0.1, -0.05) is 42.3 Å². The van der Waals surface area contributed by atoms with Gasteiger partial charge in [0.15, 0.2) is 5.65 Å². The van der Waals surface area contributed by atoms with Crippen LogP contribution < -0.4 is 4.90 Å². The number of aryl methyl sites for hydroxylation is 1. The summed E-state index contributed by atoms with van der Waals surface area (Å²) in [6.45, 7) is 5.74. The van der Waals surface area contributed by atoms with E-state index in [9.17, 15) is 4.39 Å². The topological polar surface area (TPSA) is 50.1 Å². The number of piperazine rings is 1. The molecule has 0 aliphatic carbocycles. The minimum absolute atomic E-state index is 0.128. The number of fused-ring (bicyclic) bond motifs is 1. The zero-order valence-corrected chi connectivity index (χ0v) is 21.1. The van der Waals surface area contributed by atoms with Crippen molar-refractivity contribution in [2.24, 2.45) is 7.05 Å². The molecule has 0 amide bonds. The van der Waals surface area contributed by atoms with Crippen LogP contribution in [0.1, 0.15) is 16.7 Å². The summed E-state index contributed by atoms with van der Waals surface area (Å²) in [6.07, 6.45) is 4.67. The Morgan fingerprint density at radius 2 is 1.86 bits per heavy atom. The highest BCUT2D eigenvalue weighted by molar-refractivity contribution is 7.96. The first-order valence-electron chi connectivity index (χ1n) is 11.6. The van der Waals surface area contributed by atoms with Crippen LogP contribution in [0.15, 0.2) is 42.6 Å². The Morgan fingerprint density at radius 3 is 2.60 bits per heavy atom. The molecule has 0 bridgehead atoms. The van der Waals surface area contributed by atoms with Crippen LogP contribution in [0, 0.1) is 25.5 Å². The normalized spacial score (nSPS) is 16.9. The van der Waals surface area contributed by atoms with E-state index in [1.54, 1.807) is 43.7 Å². The molecule has 182 valence electrons. The summed E-state index contributed by atoms with van der Waals surface area (Å²) in [5.74, 6) is -0.296. The Bertz CT molecular complexity index is 1370. The molecule has 2 aromatic heterocycles. The number of rotatable bonds is 5. The van der Waals surface area contributed by atoms with Crippen molar-refractivity contribution in [3.05, 3.63) is 70.9 Å². The second-order valence-corrected chi connectivity index (χ2v) is 9.84. The van der Waals surface area contributed by atoms with Crippen LogP contribution in [0.2, 0.25) is 0 Å². The lowest BCUT2D eigenvalue weighted by molar-refractivity contribution is 0.356. The Labute approximate surface area is 208 Å². The molecule has 1 aliphatic heterocycles. The third kappa shape index (κ3) is 4.38. The third-order valence-electron chi connectivity index (χ3n) is 6.85. The van der Waals surface area contributed by atoms with Crippen molar-refractivity contribution < 1.29 is 8.78 Å². The summed E-state index contributed by atoms with van der Waals surface area (Å²) in [4.78, 5) is 11.8. The van der Waals surface area contributed by atoms with Gasteiger partial charge in [0.1, 0.15) is 17.3 Å². The summed E-state index contributed by atoms with van der Waals surface area (Å²) in [6, 6.07) is 11.8. The van der Waals surface area contributed by atoms with Crippen molar-refractivity contribution in [3.8, 4) is 11.3 Å². The van der Waals surface area contributed by atoms with Gasteiger partial charge < -0.3 is 4.90 Å². The molecule has 3 heterocycles. The predicted octanol–water partition coefficient (Wildman–Crippen LogP) is 4.94. The van der Waals surface area contributed by atoms with Gasteiger partial charge in [-0.15, -0.1) is 0 Å². The van der Waals surface area contributed by atoms with E-state index in [-0.39, 0.29) is 17.2 Å². The predicted molar refractivity (Wildman–Crippen MR) is 137 cm³/mol. The quantitative estimate of drug-likeness (QED) is 0.367. The van der Waals surface area contributed by atoms with E-state index >= 15 is 4.39 Å². The van der Waals surface area contributed by atoms with Gasteiger partial charge in [-0.2, -0.15) is 10.1 Å². The molecule has 0 saturated carbocycles. The van der Waals surface area contributed by atoms with Crippen LogP contribution in [0.25, 0.3) is 22.3 Å². The largest absolute Gasteiger partial charge is 0.335 e. The van der Waals surface area contributed by atoms with Crippen molar-refractivity contribution in [2.75, 3.05) is 30.8 Å². The maximum atomic E-state index is 15.1. The number of anilines is 1. The lowest BCUT2D eigenvalue weighted by Crippen LogP contribution is -2.52. The summed E-state index contributed by atoms with van der Waals surface area (Å²) >= 11 is 1.75. The van der Waals surface area contributed by atoms with E-state index in [1.807, 2.05) is 6.07 Å². The fraction of sp³-hybridized carbons (Fsp3) is 0.346. The minimum Gasteiger partial charge on any atom is -0.335 e. The molecule has 2 aromatic carbocycles. The molecule has 1 fully saturated rings. The second kappa shape index (κ2) is 9.54. The fourth-order valence-electron chi connectivity index (χ4n) is 4.70. The molecular weight excluding hydrogens is 466 g/mol. The van der Waals surface area contributed by atoms with Crippen molar-refractivity contribution >= 4 is 28.9 Å². The highest BCUT2D eigenvalue weighted by Crippen LogP contribution is 2.33. The number of hydrogen-bond donors (Lipinski definition) is 0. The first kappa shape index (κ1) is 23.7. The average molecular weight is 495 g/mol. The highest BCUT2D eigenvalue weighted by Gasteiger charge is 2.30. The first-order valence-corrected chi connectivity index (χ1v) is 12.8.